The van der Waals surface area contributed by atoms with Crippen LogP contribution < -0.4 is 16.2 Å². The second-order valence-corrected chi connectivity index (χ2v) is 6.89. The van der Waals surface area contributed by atoms with E-state index in [4.69, 9.17) is 0 Å². The molecule has 0 aliphatic carbocycles. The summed E-state index contributed by atoms with van der Waals surface area (Å²) in [4.78, 5) is 37.3. The fraction of sp³-hybridized carbons (Fsp3) is 0.174. The highest BCUT2D eigenvalue weighted by Crippen LogP contribution is 2.14. The number of aromatic nitrogens is 1. The van der Waals surface area contributed by atoms with Crippen LogP contribution in [0.5, 0.6) is 0 Å². The number of nitrogens with zero attached hydrogens (tertiary/aromatic N) is 1. The summed E-state index contributed by atoms with van der Waals surface area (Å²) in [5, 5.41) is 5.51. The topological polar surface area (TPSA) is 80.2 Å². The third kappa shape index (κ3) is 4.81. The molecule has 0 aliphatic rings. The maximum atomic E-state index is 13.0. The number of carbonyl (C=O) groups is 2. The Balaban J connectivity index is 1.78. The number of rotatable bonds is 6. The van der Waals surface area contributed by atoms with E-state index in [1.54, 1.807) is 36.5 Å². The number of anilines is 1. The molecular formula is C23H22FN3O3. The van der Waals surface area contributed by atoms with Gasteiger partial charge in [-0.05, 0) is 74.0 Å². The summed E-state index contributed by atoms with van der Waals surface area (Å²) in [5.74, 6) is -1.20. The average molecular weight is 407 g/mol. The monoisotopic (exact) mass is 407 g/mol. The van der Waals surface area contributed by atoms with Crippen LogP contribution in [-0.2, 0) is 0 Å². The van der Waals surface area contributed by atoms with E-state index >= 15 is 0 Å². The maximum Gasteiger partial charge on any atom is 0.267 e. The van der Waals surface area contributed by atoms with Crippen LogP contribution in [0, 0.1) is 5.82 Å². The Morgan fingerprint density at radius 3 is 2.30 bits per heavy atom. The Bertz CT molecular complexity index is 1110. The summed E-state index contributed by atoms with van der Waals surface area (Å²) in [6.07, 6.45) is 2.34. The van der Waals surface area contributed by atoms with Gasteiger partial charge in [-0.3, -0.25) is 19.0 Å². The minimum atomic E-state index is -0.429. The molecule has 1 atom stereocenters. The summed E-state index contributed by atoms with van der Waals surface area (Å²) < 4.78 is 14.4. The number of hydrogen-bond donors (Lipinski definition) is 2. The van der Waals surface area contributed by atoms with E-state index in [1.165, 1.54) is 34.9 Å². The third-order valence-electron chi connectivity index (χ3n) is 4.69. The molecule has 30 heavy (non-hydrogen) atoms. The summed E-state index contributed by atoms with van der Waals surface area (Å²) >= 11 is 0. The molecule has 154 valence electrons. The van der Waals surface area contributed by atoms with Crippen molar-refractivity contribution in [3.05, 3.63) is 94.2 Å². The molecule has 0 aliphatic heterocycles. The normalized spacial score (nSPS) is 11.6. The van der Waals surface area contributed by atoms with Crippen LogP contribution in [-0.4, -0.2) is 22.4 Å². The zero-order valence-corrected chi connectivity index (χ0v) is 16.7. The first kappa shape index (κ1) is 21.0. The Morgan fingerprint density at radius 1 is 1.00 bits per heavy atom. The zero-order valence-electron chi connectivity index (χ0n) is 16.7. The van der Waals surface area contributed by atoms with Gasteiger partial charge in [-0.2, -0.15) is 0 Å². The maximum absolute atomic E-state index is 13.0. The number of nitrogens with one attached hydrogen (secondary N) is 2. The molecule has 3 aromatic rings. The molecule has 6 nitrogen and oxygen atoms in total. The van der Waals surface area contributed by atoms with Crippen LogP contribution in [0.3, 0.4) is 0 Å². The van der Waals surface area contributed by atoms with E-state index in [2.05, 4.69) is 10.6 Å². The van der Waals surface area contributed by atoms with Gasteiger partial charge < -0.3 is 10.6 Å². The van der Waals surface area contributed by atoms with Gasteiger partial charge in [0, 0.05) is 29.2 Å². The van der Waals surface area contributed by atoms with Gasteiger partial charge in [-0.1, -0.05) is 6.92 Å². The van der Waals surface area contributed by atoms with Gasteiger partial charge in [-0.15, -0.1) is 0 Å². The van der Waals surface area contributed by atoms with Gasteiger partial charge >= 0.3 is 0 Å². The zero-order chi connectivity index (χ0) is 21.7. The highest BCUT2D eigenvalue weighted by molar-refractivity contribution is 6.04. The molecule has 0 saturated carbocycles. The fourth-order valence-corrected chi connectivity index (χ4v) is 2.78. The number of pyridine rings is 1. The van der Waals surface area contributed by atoms with Crippen molar-refractivity contribution in [1.82, 2.24) is 9.88 Å². The predicted octanol–water partition coefficient (Wildman–Crippen LogP) is 3.76. The number of benzene rings is 2. The standard InChI is InChI=1S/C23H22FN3O3/c1-3-15(2)25-22(29)20-5-4-14-27(23(20)30)19-12-10-18(11-13-19)26-21(28)16-6-8-17(24)9-7-16/h4-15H,3H2,1-2H3,(H,25,29)(H,26,28). The van der Waals surface area contributed by atoms with Crippen molar-refractivity contribution in [1.29, 1.82) is 0 Å². The van der Waals surface area contributed by atoms with Crippen molar-refractivity contribution < 1.29 is 14.0 Å². The van der Waals surface area contributed by atoms with Gasteiger partial charge in [0.05, 0.1) is 0 Å². The largest absolute Gasteiger partial charge is 0.349 e. The van der Waals surface area contributed by atoms with Crippen molar-refractivity contribution in [3.8, 4) is 5.69 Å². The van der Waals surface area contributed by atoms with Crippen molar-refractivity contribution in [2.75, 3.05) is 5.32 Å². The molecule has 0 radical (unpaired) electrons. The Kier molecular flexibility index (Phi) is 6.41. The molecule has 0 spiro atoms. The summed E-state index contributed by atoms with van der Waals surface area (Å²) in [5.41, 5.74) is 1.04. The Labute approximate surface area is 173 Å². The van der Waals surface area contributed by atoms with Gasteiger partial charge in [0.15, 0.2) is 0 Å². The lowest BCUT2D eigenvalue weighted by atomic mass is 10.2. The van der Waals surface area contributed by atoms with E-state index in [-0.39, 0.29) is 17.5 Å². The Hall–Kier alpha value is -3.74. The van der Waals surface area contributed by atoms with Gasteiger partial charge in [-0.25, -0.2) is 4.39 Å². The molecular weight excluding hydrogens is 385 g/mol. The molecule has 1 unspecified atom stereocenters. The lowest BCUT2D eigenvalue weighted by Crippen LogP contribution is -2.36. The predicted molar refractivity (Wildman–Crippen MR) is 114 cm³/mol. The second kappa shape index (κ2) is 9.17. The lowest BCUT2D eigenvalue weighted by Gasteiger charge is -2.13. The minimum absolute atomic E-state index is 0.0328. The molecule has 7 heteroatoms. The van der Waals surface area contributed by atoms with E-state index in [9.17, 15) is 18.8 Å². The second-order valence-electron chi connectivity index (χ2n) is 6.89. The van der Waals surface area contributed by atoms with Crippen molar-refractivity contribution in [2.24, 2.45) is 0 Å². The third-order valence-corrected chi connectivity index (χ3v) is 4.69. The van der Waals surface area contributed by atoms with Crippen LogP contribution in [0.15, 0.2) is 71.7 Å². The molecule has 2 aromatic carbocycles. The quantitative estimate of drug-likeness (QED) is 0.653. The van der Waals surface area contributed by atoms with Gasteiger partial charge in [0.2, 0.25) is 0 Å². The SMILES string of the molecule is CCC(C)NC(=O)c1cccn(-c2ccc(NC(=O)c3ccc(F)cc3)cc2)c1=O. The highest BCUT2D eigenvalue weighted by atomic mass is 19.1. The van der Waals surface area contributed by atoms with E-state index in [0.29, 0.717) is 16.9 Å². The number of hydrogen-bond acceptors (Lipinski definition) is 3. The van der Waals surface area contributed by atoms with E-state index in [0.717, 1.165) is 6.42 Å². The molecule has 3 rings (SSSR count). The molecule has 0 fully saturated rings. The van der Waals surface area contributed by atoms with Crippen LogP contribution in [0.1, 0.15) is 41.0 Å². The average Bonchev–Trinajstić information content (AvgIpc) is 2.74. The summed E-state index contributed by atoms with van der Waals surface area (Å²) in [6, 6.07) is 15.0. The highest BCUT2D eigenvalue weighted by Gasteiger charge is 2.14. The van der Waals surface area contributed by atoms with Crippen LogP contribution in [0.4, 0.5) is 10.1 Å². The first-order chi connectivity index (χ1) is 14.4. The van der Waals surface area contributed by atoms with E-state index < -0.39 is 17.3 Å². The van der Waals surface area contributed by atoms with Crippen LogP contribution in [0.2, 0.25) is 0 Å². The van der Waals surface area contributed by atoms with Crippen LogP contribution >= 0.6 is 0 Å². The Morgan fingerprint density at radius 2 is 1.67 bits per heavy atom. The van der Waals surface area contributed by atoms with Gasteiger partial charge in [0.1, 0.15) is 11.4 Å². The minimum Gasteiger partial charge on any atom is -0.349 e. The van der Waals surface area contributed by atoms with Crippen molar-refractivity contribution >= 4 is 17.5 Å². The number of amides is 2. The first-order valence-corrected chi connectivity index (χ1v) is 9.59. The smallest absolute Gasteiger partial charge is 0.267 e. The first-order valence-electron chi connectivity index (χ1n) is 9.59. The molecule has 0 bridgehead atoms. The lowest BCUT2D eigenvalue weighted by molar-refractivity contribution is 0.0936. The number of carbonyl (C=O) groups excluding carboxylic acids is 2. The van der Waals surface area contributed by atoms with Crippen LogP contribution in [0.25, 0.3) is 5.69 Å². The van der Waals surface area contributed by atoms with Crippen molar-refractivity contribution in [3.63, 3.8) is 0 Å². The molecule has 0 saturated heterocycles. The molecule has 2 amide bonds. The molecule has 1 heterocycles. The molecule has 1 aromatic heterocycles. The van der Waals surface area contributed by atoms with Gasteiger partial charge in [0.25, 0.3) is 17.4 Å². The van der Waals surface area contributed by atoms with Crippen molar-refractivity contribution in [2.45, 2.75) is 26.3 Å². The number of halogens is 1. The fourth-order valence-electron chi connectivity index (χ4n) is 2.78. The molecule has 2 N–H and O–H groups in total. The van der Waals surface area contributed by atoms with E-state index in [1.807, 2.05) is 13.8 Å². The summed E-state index contributed by atoms with van der Waals surface area (Å²) in [7, 11) is 0. The summed E-state index contributed by atoms with van der Waals surface area (Å²) in [6.45, 7) is 3.82.